The second-order valence-corrected chi connectivity index (χ2v) is 6.08. The van der Waals surface area contributed by atoms with E-state index < -0.39 is 11.9 Å². The summed E-state index contributed by atoms with van der Waals surface area (Å²) in [5.74, 6) is -0.343. The number of benzene rings is 1. The predicted molar refractivity (Wildman–Crippen MR) is 102 cm³/mol. The SMILES string of the molecule is CCc1nc2c(OC)cccn2c1C(=O)Nc1cc(C(=O)OC)ccc1Cl. The predicted octanol–water partition coefficient (Wildman–Crippen LogP) is 3.60. The van der Waals surface area contributed by atoms with Gasteiger partial charge in [0.1, 0.15) is 5.69 Å². The Hall–Kier alpha value is -3.06. The summed E-state index contributed by atoms with van der Waals surface area (Å²) < 4.78 is 11.7. The summed E-state index contributed by atoms with van der Waals surface area (Å²) in [6, 6.07) is 8.08. The molecule has 0 saturated carbocycles. The molecule has 1 N–H and O–H groups in total. The maximum Gasteiger partial charge on any atom is 0.337 e. The van der Waals surface area contributed by atoms with Crippen LogP contribution in [0.5, 0.6) is 5.75 Å². The highest BCUT2D eigenvalue weighted by Gasteiger charge is 2.21. The Morgan fingerprint density at radius 3 is 2.70 bits per heavy atom. The number of aromatic nitrogens is 2. The molecule has 0 aliphatic heterocycles. The van der Waals surface area contributed by atoms with Crippen LogP contribution in [0.4, 0.5) is 5.69 Å². The van der Waals surface area contributed by atoms with Gasteiger partial charge in [-0.05, 0) is 36.8 Å². The van der Waals surface area contributed by atoms with Crippen molar-refractivity contribution in [3.8, 4) is 5.75 Å². The van der Waals surface area contributed by atoms with Crippen molar-refractivity contribution in [1.29, 1.82) is 0 Å². The van der Waals surface area contributed by atoms with Gasteiger partial charge in [-0.3, -0.25) is 9.20 Å². The highest BCUT2D eigenvalue weighted by atomic mass is 35.5. The van der Waals surface area contributed by atoms with E-state index in [1.54, 1.807) is 29.8 Å². The third kappa shape index (κ3) is 3.46. The fourth-order valence-corrected chi connectivity index (χ4v) is 2.95. The smallest absolute Gasteiger partial charge is 0.337 e. The van der Waals surface area contributed by atoms with E-state index in [2.05, 4.69) is 10.3 Å². The number of methoxy groups -OCH3 is 2. The molecule has 2 aromatic heterocycles. The minimum atomic E-state index is -0.518. The van der Waals surface area contributed by atoms with Gasteiger partial charge in [0.15, 0.2) is 11.4 Å². The van der Waals surface area contributed by atoms with E-state index in [0.29, 0.717) is 39.9 Å². The normalized spacial score (nSPS) is 10.7. The third-order valence-electron chi connectivity index (χ3n) is 4.09. The minimum absolute atomic E-state index is 0.285. The van der Waals surface area contributed by atoms with Crippen LogP contribution in [0.2, 0.25) is 5.02 Å². The number of amides is 1. The van der Waals surface area contributed by atoms with Gasteiger partial charge < -0.3 is 14.8 Å². The molecular weight excluding hydrogens is 370 g/mol. The van der Waals surface area contributed by atoms with Crippen molar-refractivity contribution in [2.75, 3.05) is 19.5 Å². The molecule has 0 saturated heterocycles. The molecule has 27 heavy (non-hydrogen) atoms. The Labute approximate surface area is 160 Å². The molecule has 3 aromatic rings. The lowest BCUT2D eigenvalue weighted by Crippen LogP contribution is -2.17. The highest BCUT2D eigenvalue weighted by Crippen LogP contribution is 2.26. The van der Waals surface area contributed by atoms with E-state index >= 15 is 0 Å². The van der Waals surface area contributed by atoms with Crippen LogP contribution < -0.4 is 10.1 Å². The summed E-state index contributed by atoms with van der Waals surface area (Å²) in [4.78, 5) is 29.2. The number of hydrogen-bond donors (Lipinski definition) is 1. The average molecular weight is 388 g/mol. The number of ether oxygens (including phenoxy) is 2. The molecule has 7 nitrogen and oxygen atoms in total. The molecule has 0 fully saturated rings. The van der Waals surface area contributed by atoms with Crippen LogP contribution in [-0.2, 0) is 11.2 Å². The summed E-state index contributed by atoms with van der Waals surface area (Å²) in [5.41, 5.74) is 2.15. The lowest BCUT2D eigenvalue weighted by molar-refractivity contribution is 0.0600. The zero-order valence-corrected chi connectivity index (χ0v) is 15.8. The number of esters is 1. The van der Waals surface area contributed by atoms with E-state index in [9.17, 15) is 9.59 Å². The zero-order valence-electron chi connectivity index (χ0n) is 15.1. The van der Waals surface area contributed by atoms with E-state index in [-0.39, 0.29) is 5.56 Å². The van der Waals surface area contributed by atoms with Crippen molar-refractivity contribution in [2.24, 2.45) is 0 Å². The van der Waals surface area contributed by atoms with Crippen LogP contribution >= 0.6 is 11.6 Å². The molecule has 0 radical (unpaired) electrons. The number of aryl methyl sites for hydroxylation is 1. The van der Waals surface area contributed by atoms with Gasteiger partial charge in [0.05, 0.1) is 36.2 Å². The number of nitrogens with zero attached hydrogens (tertiary/aromatic N) is 2. The molecule has 0 bridgehead atoms. The van der Waals surface area contributed by atoms with Gasteiger partial charge in [0.2, 0.25) is 0 Å². The van der Waals surface area contributed by atoms with Crippen molar-refractivity contribution < 1.29 is 19.1 Å². The number of carbonyl (C=O) groups excluding carboxylic acids is 2. The number of anilines is 1. The summed E-state index contributed by atoms with van der Waals surface area (Å²) >= 11 is 6.18. The van der Waals surface area contributed by atoms with Gasteiger partial charge in [-0.25, -0.2) is 9.78 Å². The van der Waals surface area contributed by atoms with Gasteiger partial charge >= 0.3 is 5.97 Å². The van der Waals surface area contributed by atoms with Crippen LogP contribution in [0.25, 0.3) is 5.65 Å². The number of rotatable bonds is 5. The Kier molecular flexibility index (Phi) is 5.32. The van der Waals surface area contributed by atoms with Gasteiger partial charge in [0, 0.05) is 6.20 Å². The van der Waals surface area contributed by atoms with Crippen LogP contribution in [0.3, 0.4) is 0 Å². The van der Waals surface area contributed by atoms with Crippen molar-refractivity contribution in [1.82, 2.24) is 9.38 Å². The Morgan fingerprint density at radius 2 is 2.04 bits per heavy atom. The Balaban J connectivity index is 2.03. The molecule has 3 rings (SSSR count). The monoisotopic (exact) mass is 387 g/mol. The number of imidazole rings is 1. The molecular formula is C19H18ClN3O4. The van der Waals surface area contributed by atoms with E-state index in [1.165, 1.54) is 25.3 Å². The first-order valence-electron chi connectivity index (χ1n) is 8.23. The van der Waals surface area contributed by atoms with E-state index in [4.69, 9.17) is 21.1 Å². The first-order valence-corrected chi connectivity index (χ1v) is 8.61. The van der Waals surface area contributed by atoms with Crippen LogP contribution in [0, 0.1) is 0 Å². The number of pyridine rings is 1. The van der Waals surface area contributed by atoms with E-state index in [0.717, 1.165) is 0 Å². The number of carbonyl (C=O) groups is 2. The standard InChI is InChI=1S/C19H18ClN3O4/c1-4-13-16(23-9-5-6-15(26-2)17(23)21-13)18(24)22-14-10-11(19(25)27-3)7-8-12(14)20/h5-10H,4H2,1-3H3,(H,22,24). The third-order valence-corrected chi connectivity index (χ3v) is 4.42. The maximum absolute atomic E-state index is 13.0. The molecule has 140 valence electrons. The largest absolute Gasteiger partial charge is 0.493 e. The Bertz CT molecular complexity index is 1030. The van der Waals surface area contributed by atoms with Gasteiger partial charge in [-0.2, -0.15) is 0 Å². The highest BCUT2D eigenvalue weighted by molar-refractivity contribution is 6.34. The summed E-state index contributed by atoms with van der Waals surface area (Å²) in [6.07, 6.45) is 2.30. The molecule has 1 amide bonds. The second-order valence-electron chi connectivity index (χ2n) is 5.67. The zero-order chi connectivity index (χ0) is 19.6. The first-order chi connectivity index (χ1) is 13.0. The summed E-state index contributed by atoms with van der Waals surface area (Å²) in [6.45, 7) is 1.91. The molecule has 0 aliphatic carbocycles. The van der Waals surface area contributed by atoms with Crippen LogP contribution in [0.15, 0.2) is 36.5 Å². The van der Waals surface area contributed by atoms with Crippen molar-refractivity contribution in [2.45, 2.75) is 13.3 Å². The lowest BCUT2D eigenvalue weighted by Gasteiger charge is -2.10. The number of nitrogens with one attached hydrogen (secondary N) is 1. The van der Waals surface area contributed by atoms with Gasteiger partial charge in [0.25, 0.3) is 5.91 Å². The molecule has 2 heterocycles. The van der Waals surface area contributed by atoms with Crippen molar-refractivity contribution in [3.63, 3.8) is 0 Å². The molecule has 0 unspecified atom stereocenters. The quantitative estimate of drug-likeness (QED) is 0.676. The summed E-state index contributed by atoms with van der Waals surface area (Å²) in [5, 5.41) is 3.06. The van der Waals surface area contributed by atoms with Crippen molar-refractivity contribution >= 4 is 34.8 Å². The maximum atomic E-state index is 13.0. The second kappa shape index (κ2) is 7.67. The molecule has 0 atom stereocenters. The summed E-state index contributed by atoms with van der Waals surface area (Å²) in [7, 11) is 2.84. The minimum Gasteiger partial charge on any atom is -0.493 e. The molecule has 0 aliphatic rings. The van der Waals surface area contributed by atoms with Gasteiger partial charge in [-0.1, -0.05) is 18.5 Å². The first kappa shape index (κ1) is 18.7. The molecule has 1 aromatic carbocycles. The average Bonchev–Trinajstić information content (AvgIpc) is 3.07. The van der Waals surface area contributed by atoms with Gasteiger partial charge in [-0.15, -0.1) is 0 Å². The Morgan fingerprint density at radius 1 is 1.26 bits per heavy atom. The van der Waals surface area contributed by atoms with Crippen LogP contribution in [0.1, 0.15) is 33.5 Å². The van der Waals surface area contributed by atoms with Crippen LogP contribution in [-0.4, -0.2) is 35.5 Å². The fraction of sp³-hybridized carbons (Fsp3) is 0.211. The molecule has 8 heteroatoms. The lowest BCUT2D eigenvalue weighted by atomic mass is 10.2. The number of hydrogen-bond acceptors (Lipinski definition) is 5. The fourth-order valence-electron chi connectivity index (χ4n) is 2.78. The molecule has 0 spiro atoms. The topological polar surface area (TPSA) is 81.9 Å². The van der Waals surface area contributed by atoms with E-state index in [1.807, 2.05) is 6.92 Å². The van der Waals surface area contributed by atoms with Crippen molar-refractivity contribution in [3.05, 3.63) is 58.5 Å². The number of fused-ring (bicyclic) bond motifs is 1. The number of halogens is 1.